The Labute approximate surface area is 255 Å². The minimum absolute atomic E-state index is 0. The Hall–Kier alpha value is -4.39. The fraction of sp³-hybridized carbons (Fsp3) is 0.118. The van der Waals surface area contributed by atoms with Crippen LogP contribution < -0.4 is 29.2 Å². The summed E-state index contributed by atoms with van der Waals surface area (Å²) < 4.78 is 19.2. The van der Waals surface area contributed by atoms with Crippen LogP contribution >= 0.6 is 0 Å². The van der Waals surface area contributed by atoms with Crippen LogP contribution in [0.25, 0.3) is 21.5 Å². The molecule has 0 aliphatic rings. The van der Waals surface area contributed by atoms with Crippen molar-refractivity contribution in [2.45, 2.75) is 0 Å². The molecule has 0 aromatic heterocycles. The van der Waals surface area contributed by atoms with E-state index in [0.29, 0.717) is 23.0 Å². The molecule has 7 heteroatoms. The van der Waals surface area contributed by atoms with E-state index in [1.165, 1.54) is 50.0 Å². The molecule has 208 valence electrons. The Kier molecular flexibility index (Phi) is 13.9. The van der Waals surface area contributed by atoms with Crippen molar-refractivity contribution in [1.82, 2.24) is 0 Å². The van der Waals surface area contributed by atoms with Gasteiger partial charge >= 0.3 is 21.7 Å². The Morgan fingerprint density at radius 2 is 0.756 bits per heavy atom. The minimum Gasteiger partial charge on any atom is -0.867 e. The molecule has 0 amide bonds. The van der Waals surface area contributed by atoms with Crippen LogP contribution in [0, 0.1) is 0 Å². The van der Waals surface area contributed by atoms with Crippen LogP contribution in [-0.2, 0) is 21.7 Å². The van der Waals surface area contributed by atoms with Crippen LogP contribution in [0.15, 0.2) is 121 Å². The van der Waals surface area contributed by atoms with Gasteiger partial charge in [0.15, 0.2) is 0 Å². The zero-order valence-electron chi connectivity index (χ0n) is 23.5. The van der Waals surface area contributed by atoms with E-state index < -0.39 is 0 Å². The van der Waals surface area contributed by atoms with Gasteiger partial charge in [-0.1, -0.05) is 24.3 Å². The molecule has 6 nitrogen and oxygen atoms in total. The van der Waals surface area contributed by atoms with Crippen LogP contribution in [0.2, 0.25) is 0 Å². The second-order valence-corrected chi connectivity index (χ2v) is 8.29. The van der Waals surface area contributed by atoms with Gasteiger partial charge in [0.1, 0.15) is 23.0 Å². The van der Waals surface area contributed by atoms with E-state index in [4.69, 9.17) is 18.9 Å². The third-order valence-electron chi connectivity index (χ3n) is 5.86. The van der Waals surface area contributed by atoms with Crippen molar-refractivity contribution in [2.75, 3.05) is 28.4 Å². The maximum absolute atomic E-state index is 11.2. The molecule has 6 aromatic carbocycles. The van der Waals surface area contributed by atoms with Gasteiger partial charge in [0.2, 0.25) is 0 Å². The molecule has 0 radical (unpaired) electrons. The number of benzene rings is 4. The average molecular weight is 584 g/mol. The smallest absolute Gasteiger partial charge is 0.867 e. The molecule has 0 saturated heterocycles. The fourth-order valence-corrected chi connectivity index (χ4v) is 3.77. The molecule has 0 atom stereocenters. The Balaban J connectivity index is 0.000000190. The minimum atomic E-state index is -0.211. The first kappa shape index (κ1) is 32.8. The number of para-hydroxylation sites is 2. The van der Waals surface area contributed by atoms with Gasteiger partial charge < -0.3 is 29.2 Å². The van der Waals surface area contributed by atoms with Crippen molar-refractivity contribution in [2.24, 2.45) is 0 Å². The van der Waals surface area contributed by atoms with E-state index >= 15 is 0 Å². The number of methoxy groups -OCH3 is 4. The second kappa shape index (κ2) is 17.3. The van der Waals surface area contributed by atoms with E-state index in [2.05, 4.69) is 84.9 Å². The van der Waals surface area contributed by atoms with E-state index in [9.17, 15) is 10.2 Å². The zero-order valence-corrected chi connectivity index (χ0v) is 25.1. The van der Waals surface area contributed by atoms with Crippen LogP contribution in [0.1, 0.15) is 0 Å². The molecule has 41 heavy (non-hydrogen) atoms. The van der Waals surface area contributed by atoms with Crippen molar-refractivity contribution in [3.8, 4) is 34.5 Å². The van der Waals surface area contributed by atoms with Gasteiger partial charge in [-0.05, 0) is 35.8 Å². The first-order valence-electron chi connectivity index (χ1n) is 12.5. The largest absolute Gasteiger partial charge is 4.00 e. The van der Waals surface area contributed by atoms with Crippen LogP contribution in [0.4, 0.5) is 0 Å². The monoisotopic (exact) mass is 584 g/mol. The predicted molar refractivity (Wildman–Crippen MR) is 157 cm³/mol. The first-order valence-corrected chi connectivity index (χ1v) is 12.5. The number of rotatable bonds is 4. The number of fused-ring (bicyclic) bond motifs is 2. The molecule has 0 bridgehead atoms. The van der Waals surface area contributed by atoms with E-state index in [1.54, 1.807) is 36.4 Å². The SMILES string of the molecule is COc1cccc(OC)c1[O-].COc1cccc(OC)c1[O-].[Ti+4].c1ccc2[cH-]ccc2c1.c1ccc2[cH-]ccc2c1. The topological polar surface area (TPSA) is 83.0 Å². The van der Waals surface area contributed by atoms with E-state index in [0.717, 1.165) is 0 Å². The second-order valence-electron chi connectivity index (χ2n) is 8.29. The van der Waals surface area contributed by atoms with Crippen molar-refractivity contribution in [3.63, 3.8) is 0 Å². The maximum Gasteiger partial charge on any atom is 4.00 e. The maximum atomic E-state index is 11.2. The molecule has 0 heterocycles. The summed E-state index contributed by atoms with van der Waals surface area (Å²) in [7, 11) is 5.82. The van der Waals surface area contributed by atoms with Gasteiger partial charge in [-0.25, -0.2) is 0 Å². The molecule has 0 spiro atoms. The summed E-state index contributed by atoms with van der Waals surface area (Å²) in [4.78, 5) is 0. The van der Waals surface area contributed by atoms with Crippen molar-refractivity contribution in [3.05, 3.63) is 121 Å². The van der Waals surface area contributed by atoms with E-state index in [1.807, 2.05) is 0 Å². The van der Waals surface area contributed by atoms with Gasteiger partial charge in [0.05, 0.1) is 28.4 Å². The summed E-state index contributed by atoms with van der Waals surface area (Å²) in [5, 5.41) is 27.7. The van der Waals surface area contributed by atoms with Gasteiger partial charge in [-0.2, -0.15) is 35.0 Å². The Morgan fingerprint density at radius 3 is 1.05 bits per heavy atom. The average Bonchev–Trinajstić information content (AvgIpc) is 3.68. The van der Waals surface area contributed by atoms with Gasteiger partial charge in [0, 0.05) is 0 Å². The number of ether oxygens (including phenoxy) is 4. The van der Waals surface area contributed by atoms with Crippen molar-refractivity contribution >= 4 is 21.5 Å². The molecular weight excluding hydrogens is 552 g/mol. The Morgan fingerprint density at radius 1 is 0.439 bits per heavy atom. The molecule has 0 unspecified atom stereocenters. The number of hydrogen-bond donors (Lipinski definition) is 0. The first-order chi connectivity index (χ1) is 19.5. The van der Waals surface area contributed by atoms with Crippen LogP contribution in [0.5, 0.6) is 34.5 Å². The van der Waals surface area contributed by atoms with E-state index in [-0.39, 0.29) is 33.2 Å². The summed E-state index contributed by atoms with van der Waals surface area (Å²) in [5.41, 5.74) is 0. The summed E-state index contributed by atoms with van der Waals surface area (Å²) in [5.74, 6) is 0.817. The molecular formula is C34H32O6Ti. The molecule has 0 fully saturated rings. The van der Waals surface area contributed by atoms with Crippen LogP contribution in [-0.4, -0.2) is 28.4 Å². The van der Waals surface area contributed by atoms with Crippen LogP contribution in [0.3, 0.4) is 0 Å². The molecule has 0 N–H and O–H groups in total. The fourth-order valence-electron chi connectivity index (χ4n) is 3.77. The molecule has 0 saturated carbocycles. The third-order valence-corrected chi connectivity index (χ3v) is 5.86. The standard InChI is InChI=1S/2C9H7.2C8H10O3.Ti/c2*1-2-5-9-7-3-6-8(9)4-1;2*1-10-6-4-3-5-7(11-2)8(6)9;/h2*1-7H;2*3-5,9H,1-2H3;/q2*-1;;;+4/p-2. The summed E-state index contributed by atoms with van der Waals surface area (Å²) in [6.07, 6.45) is 0. The molecule has 6 aromatic rings. The predicted octanol–water partition coefficient (Wildman–Crippen LogP) is 6.67. The zero-order chi connectivity index (χ0) is 28.7. The summed E-state index contributed by atoms with van der Waals surface area (Å²) in [6.45, 7) is 0. The normalized spacial score (nSPS) is 9.46. The van der Waals surface area contributed by atoms with Gasteiger partial charge in [-0.15, -0.1) is 59.3 Å². The van der Waals surface area contributed by atoms with Crippen molar-refractivity contribution in [1.29, 1.82) is 0 Å². The summed E-state index contributed by atoms with van der Waals surface area (Å²) in [6, 6.07) is 39.2. The molecule has 0 aliphatic heterocycles. The van der Waals surface area contributed by atoms with Gasteiger partial charge in [0.25, 0.3) is 0 Å². The summed E-state index contributed by atoms with van der Waals surface area (Å²) >= 11 is 0. The van der Waals surface area contributed by atoms with Gasteiger partial charge in [-0.3, -0.25) is 0 Å². The third kappa shape index (κ3) is 9.35. The molecule has 0 aliphatic carbocycles. The molecule has 6 rings (SSSR count). The van der Waals surface area contributed by atoms with Crippen molar-refractivity contribution < 1.29 is 50.9 Å². The Bertz CT molecular complexity index is 1360. The number of hydrogen-bond acceptors (Lipinski definition) is 6. The quantitative estimate of drug-likeness (QED) is 0.170.